The zero-order valence-corrected chi connectivity index (χ0v) is 12.3. The lowest BCUT2D eigenvalue weighted by Gasteiger charge is -2.48. The fraction of sp³-hybridized carbons (Fsp3) is 0.688. The van der Waals surface area contributed by atoms with Crippen LogP contribution >= 0.6 is 0 Å². The summed E-state index contributed by atoms with van der Waals surface area (Å²) in [5.74, 6) is 1.37. The number of rotatable bonds is 3. The predicted octanol–water partition coefficient (Wildman–Crippen LogP) is 2.21. The maximum atomic E-state index is 5.94. The van der Waals surface area contributed by atoms with Gasteiger partial charge in [0, 0.05) is 18.7 Å². The van der Waals surface area contributed by atoms with Crippen molar-refractivity contribution in [3.63, 3.8) is 0 Å². The summed E-state index contributed by atoms with van der Waals surface area (Å²) in [5.41, 5.74) is 0.424. The minimum atomic E-state index is 0.424. The first-order valence-electron chi connectivity index (χ1n) is 7.58. The third-order valence-electron chi connectivity index (χ3n) is 5.00. The third kappa shape index (κ3) is 2.96. The van der Waals surface area contributed by atoms with Gasteiger partial charge in [0.1, 0.15) is 5.75 Å². The molecule has 4 heteroatoms. The quantitative estimate of drug-likeness (QED) is 0.848. The van der Waals surface area contributed by atoms with Gasteiger partial charge >= 0.3 is 0 Å². The molecule has 1 aromatic rings. The Hall–Kier alpha value is -1.13. The highest BCUT2D eigenvalue weighted by Gasteiger charge is 2.43. The van der Waals surface area contributed by atoms with Crippen LogP contribution < -0.4 is 4.74 Å². The zero-order valence-electron chi connectivity index (χ0n) is 12.3. The SMILES string of the molecule is CN1CCC2(CCOC[C@@H]2COc2cccnc2)CC1. The van der Waals surface area contributed by atoms with Crippen molar-refractivity contribution < 1.29 is 9.47 Å². The number of nitrogens with zero attached hydrogens (tertiary/aromatic N) is 2. The molecule has 0 unspecified atom stereocenters. The van der Waals surface area contributed by atoms with Crippen molar-refractivity contribution in [1.29, 1.82) is 0 Å². The minimum absolute atomic E-state index is 0.424. The molecule has 20 heavy (non-hydrogen) atoms. The Morgan fingerprint density at radius 3 is 3.00 bits per heavy atom. The summed E-state index contributed by atoms with van der Waals surface area (Å²) in [5, 5.41) is 0. The monoisotopic (exact) mass is 276 g/mol. The minimum Gasteiger partial charge on any atom is -0.492 e. The molecule has 2 saturated heterocycles. The Bertz CT molecular complexity index is 416. The topological polar surface area (TPSA) is 34.6 Å². The van der Waals surface area contributed by atoms with E-state index in [1.807, 2.05) is 12.1 Å². The Labute approximate surface area is 121 Å². The zero-order chi connectivity index (χ0) is 13.8. The van der Waals surface area contributed by atoms with E-state index in [1.165, 1.54) is 32.4 Å². The summed E-state index contributed by atoms with van der Waals surface area (Å²) in [6, 6.07) is 3.88. The molecule has 3 heterocycles. The van der Waals surface area contributed by atoms with Crippen molar-refractivity contribution in [3.05, 3.63) is 24.5 Å². The van der Waals surface area contributed by atoms with Crippen LogP contribution in [0.2, 0.25) is 0 Å². The van der Waals surface area contributed by atoms with Crippen LogP contribution in [0.25, 0.3) is 0 Å². The molecular weight excluding hydrogens is 252 g/mol. The highest BCUT2D eigenvalue weighted by molar-refractivity contribution is 5.15. The van der Waals surface area contributed by atoms with Crippen LogP contribution in [0.3, 0.4) is 0 Å². The van der Waals surface area contributed by atoms with Gasteiger partial charge in [-0.3, -0.25) is 4.98 Å². The summed E-state index contributed by atoms with van der Waals surface area (Å²) >= 11 is 0. The number of hydrogen-bond donors (Lipinski definition) is 0. The smallest absolute Gasteiger partial charge is 0.137 e. The molecule has 0 aliphatic carbocycles. The largest absolute Gasteiger partial charge is 0.492 e. The molecule has 1 spiro atoms. The molecule has 2 aliphatic rings. The molecule has 4 nitrogen and oxygen atoms in total. The maximum absolute atomic E-state index is 5.94. The van der Waals surface area contributed by atoms with E-state index < -0.39 is 0 Å². The summed E-state index contributed by atoms with van der Waals surface area (Å²) in [6.45, 7) is 4.89. The Morgan fingerprint density at radius 2 is 2.25 bits per heavy atom. The van der Waals surface area contributed by atoms with Crippen molar-refractivity contribution in [3.8, 4) is 5.75 Å². The highest BCUT2D eigenvalue weighted by atomic mass is 16.5. The van der Waals surface area contributed by atoms with Gasteiger partial charge < -0.3 is 14.4 Å². The van der Waals surface area contributed by atoms with Crippen LogP contribution in [0.15, 0.2) is 24.5 Å². The molecule has 1 atom stereocenters. The number of likely N-dealkylation sites (tertiary alicyclic amines) is 1. The summed E-state index contributed by atoms with van der Waals surface area (Å²) in [7, 11) is 2.22. The lowest BCUT2D eigenvalue weighted by Crippen LogP contribution is -2.48. The van der Waals surface area contributed by atoms with Crippen molar-refractivity contribution in [2.45, 2.75) is 19.3 Å². The molecule has 0 bridgehead atoms. The molecule has 0 aromatic carbocycles. The Morgan fingerprint density at radius 1 is 1.40 bits per heavy atom. The van der Waals surface area contributed by atoms with E-state index >= 15 is 0 Å². The maximum Gasteiger partial charge on any atom is 0.137 e. The Kier molecular flexibility index (Phi) is 4.22. The first-order valence-corrected chi connectivity index (χ1v) is 7.58. The van der Waals surface area contributed by atoms with Gasteiger partial charge in [-0.15, -0.1) is 0 Å². The lowest BCUT2D eigenvalue weighted by molar-refractivity contribution is -0.0833. The molecule has 1 aromatic heterocycles. The van der Waals surface area contributed by atoms with Crippen LogP contribution in [0.1, 0.15) is 19.3 Å². The predicted molar refractivity (Wildman–Crippen MR) is 77.8 cm³/mol. The van der Waals surface area contributed by atoms with E-state index in [0.717, 1.165) is 25.6 Å². The van der Waals surface area contributed by atoms with Gasteiger partial charge in [0.25, 0.3) is 0 Å². The van der Waals surface area contributed by atoms with Gasteiger partial charge in [-0.1, -0.05) is 0 Å². The fourth-order valence-corrected chi connectivity index (χ4v) is 3.46. The average molecular weight is 276 g/mol. The standard InChI is InChI=1S/C16H24N2O2/c1-18-8-4-16(5-9-18)6-10-19-12-14(16)13-20-15-3-2-7-17-11-15/h2-3,7,11,14H,4-6,8-10,12-13H2,1H3/t14-/m1/s1. The second-order valence-corrected chi connectivity index (χ2v) is 6.19. The summed E-state index contributed by atoms with van der Waals surface area (Å²) in [6.07, 6.45) is 7.28. The van der Waals surface area contributed by atoms with E-state index in [1.54, 1.807) is 12.4 Å². The molecule has 0 amide bonds. The number of pyridine rings is 1. The van der Waals surface area contributed by atoms with Gasteiger partial charge in [-0.2, -0.15) is 0 Å². The molecule has 110 valence electrons. The van der Waals surface area contributed by atoms with Crippen molar-refractivity contribution >= 4 is 0 Å². The van der Waals surface area contributed by atoms with Crippen LogP contribution in [-0.2, 0) is 4.74 Å². The van der Waals surface area contributed by atoms with Gasteiger partial charge in [-0.05, 0) is 56.9 Å². The van der Waals surface area contributed by atoms with Crippen LogP contribution in [0, 0.1) is 11.3 Å². The first kappa shape index (κ1) is 13.8. The normalized spacial score (nSPS) is 26.6. The van der Waals surface area contributed by atoms with E-state index in [4.69, 9.17) is 9.47 Å². The number of piperidine rings is 1. The average Bonchev–Trinajstić information content (AvgIpc) is 2.51. The number of aromatic nitrogens is 1. The van der Waals surface area contributed by atoms with Crippen molar-refractivity contribution in [2.24, 2.45) is 11.3 Å². The van der Waals surface area contributed by atoms with E-state index in [2.05, 4.69) is 16.9 Å². The highest BCUT2D eigenvalue weighted by Crippen LogP contribution is 2.44. The van der Waals surface area contributed by atoms with Gasteiger partial charge in [0.15, 0.2) is 0 Å². The van der Waals surface area contributed by atoms with Gasteiger partial charge in [0.2, 0.25) is 0 Å². The third-order valence-corrected chi connectivity index (χ3v) is 5.00. The summed E-state index contributed by atoms with van der Waals surface area (Å²) in [4.78, 5) is 6.53. The van der Waals surface area contributed by atoms with Gasteiger partial charge in [-0.25, -0.2) is 0 Å². The van der Waals surface area contributed by atoms with Crippen molar-refractivity contribution in [1.82, 2.24) is 9.88 Å². The summed E-state index contributed by atoms with van der Waals surface area (Å²) < 4.78 is 11.7. The Balaban J connectivity index is 1.63. The molecular formula is C16H24N2O2. The van der Waals surface area contributed by atoms with E-state index in [9.17, 15) is 0 Å². The first-order chi connectivity index (χ1) is 9.78. The molecule has 0 radical (unpaired) electrons. The van der Waals surface area contributed by atoms with E-state index in [-0.39, 0.29) is 0 Å². The fourth-order valence-electron chi connectivity index (χ4n) is 3.46. The van der Waals surface area contributed by atoms with Crippen molar-refractivity contribution in [2.75, 3.05) is 40.0 Å². The van der Waals surface area contributed by atoms with Crippen LogP contribution in [0.5, 0.6) is 5.75 Å². The lowest BCUT2D eigenvalue weighted by atomic mass is 9.66. The molecule has 2 fully saturated rings. The van der Waals surface area contributed by atoms with Crippen LogP contribution in [-0.4, -0.2) is 49.8 Å². The number of ether oxygens (including phenoxy) is 2. The number of hydrogen-bond acceptors (Lipinski definition) is 4. The van der Waals surface area contributed by atoms with E-state index in [0.29, 0.717) is 11.3 Å². The molecule has 0 N–H and O–H groups in total. The van der Waals surface area contributed by atoms with Crippen LogP contribution in [0.4, 0.5) is 0 Å². The molecule has 2 aliphatic heterocycles. The van der Waals surface area contributed by atoms with Gasteiger partial charge in [0.05, 0.1) is 19.4 Å². The molecule has 0 saturated carbocycles. The second-order valence-electron chi connectivity index (χ2n) is 6.19. The molecule has 3 rings (SSSR count). The second kappa shape index (κ2) is 6.10.